The zero-order chi connectivity index (χ0) is 13.8. The van der Waals surface area contributed by atoms with Crippen molar-refractivity contribution in [2.45, 2.75) is 6.42 Å². The summed E-state index contributed by atoms with van der Waals surface area (Å²) in [6, 6.07) is 5.30. The van der Waals surface area contributed by atoms with E-state index in [0.29, 0.717) is 11.3 Å². The number of rotatable bonds is 2. The lowest BCUT2D eigenvalue weighted by atomic mass is 10.1. The number of likely N-dealkylation sites (N-methyl/N-ethyl adjacent to an activating group) is 1. The molecule has 19 heavy (non-hydrogen) atoms. The van der Waals surface area contributed by atoms with Gasteiger partial charge in [0.2, 0.25) is 0 Å². The molecule has 1 aliphatic heterocycles. The van der Waals surface area contributed by atoms with Gasteiger partial charge in [0.15, 0.2) is 0 Å². The van der Waals surface area contributed by atoms with Crippen molar-refractivity contribution in [3.63, 3.8) is 0 Å². The Morgan fingerprint density at radius 2 is 2.05 bits per heavy atom. The number of anilines is 2. The van der Waals surface area contributed by atoms with Gasteiger partial charge >= 0.3 is 5.97 Å². The highest BCUT2D eigenvalue weighted by Gasteiger charge is 2.16. The minimum atomic E-state index is -0.326. The normalized spacial score (nSPS) is 17.1. The van der Waals surface area contributed by atoms with Gasteiger partial charge in [-0.2, -0.15) is 0 Å². The van der Waals surface area contributed by atoms with Crippen LogP contribution in [0.4, 0.5) is 11.4 Å². The number of carbonyl (C=O) groups excluding carboxylic acids is 1. The number of nitrogens with two attached hydrogens (primary N) is 1. The number of hydrogen-bond donors (Lipinski definition) is 1. The molecule has 2 N–H and O–H groups in total. The van der Waals surface area contributed by atoms with Gasteiger partial charge in [-0.15, -0.1) is 0 Å². The van der Waals surface area contributed by atoms with E-state index in [1.807, 2.05) is 6.07 Å². The molecule has 0 unspecified atom stereocenters. The first-order valence-corrected chi connectivity index (χ1v) is 6.53. The van der Waals surface area contributed by atoms with Crippen LogP contribution in [-0.4, -0.2) is 51.2 Å². The third kappa shape index (κ3) is 3.17. The van der Waals surface area contributed by atoms with Gasteiger partial charge in [0.1, 0.15) is 0 Å². The molecule has 1 fully saturated rings. The zero-order valence-electron chi connectivity index (χ0n) is 11.6. The van der Waals surface area contributed by atoms with E-state index in [0.717, 1.165) is 38.3 Å². The molecule has 0 bridgehead atoms. The van der Waals surface area contributed by atoms with Crippen molar-refractivity contribution in [2.24, 2.45) is 0 Å². The average Bonchev–Trinajstić information content (AvgIpc) is 2.63. The summed E-state index contributed by atoms with van der Waals surface area (Å²) in [6.45, 7) is 3.97. The van der Waals surface area contributed by atoms with E-state index in [2.05, 4.69) is 16.8 Å². The van der Waals surface area contributed by atoms with Gasteiger partial charge in [0.05, 0.1) is 24.0 Å². The summed E-state index contributed by atoms with van der Waals surface area (Å²) in [5.74, 6) is -0.326. The Morgan fingerprint density at radius 1 is 1.26 bits per heavy atom. The van der Waals surface area contributed by atoms with Crippen molar-refractivity contribution in [1.82, 2.24) is 4.90 Å². The van der Waals surface area contributed by atoms with Crippen LogP contribution in [0.2, 0.25) is 0 Å². The van der Waals surface area contributed by atoms with Crippen LogP contribution in [0.1, 0.15) is 16.8 Å². The molecule has 1 heterocycles. The SMILES string of the molecule is COC(=O)c1ccc(N)c(N2CCCN(C)CC2)c1. The molecule has 0 radical (unpaired) electrons. The quantitative estimate of drug-likeness (QED) is 0.642. The van der Waals surface area contributed by atoms with Crippen molar-refractivity contribution < 1.29 is 9.53 Å². The van der Waals surface area contributed by atoms with E-state index in [1.165, 1.54) is 7.11 Å². The van der Waals surface area contributed by atoms with E-state index in [-0.39, 0.29) is 5.97 Å². The van der Waals surface area contributed by atoms with E-state index in [1.54, 1.807) is 12.1 Å². The molecule has 1 aromatic carbocycles. The largest absolute Gasteiger partial charge is 0.465 e. The summed E-state index contributed by atoms with van der Waals surface area (Å²) in [5.41, 5.74) is 8.22. The smallest absolute Gasteiger partial charge is 0.337 e. The van der Waals surface area contributed by atoms with Crippen LogP contribution in [0.25, 0.3) is 0 Å². The third-order valence-corrected chi connectivity index (χ3v) is 3.51. The molecule has 0 saturated carbocycles. The molecular weight excluding hydrogens is 242 g/mol. The second kappa shape index (κ2) is 5.93. The Labute approximate surface area is 113 Å². The highest BCUT2D eigenvalue weighted by Crippen LogP contribution is 2.26. The predicted octanol–water partition coefficient (Wildman–Crippen LogP) is 1.20. The molecule has 1 aliphatic rings. The predicted molar refractivity (Wildman–Crippen MR) is 76.5 cm³/mol. The van der Waals surface area contributed by atoms with E-state index >= 15 is 0 Å². The van der Waals surface area contributed by atoms with Crippen LogP contribution in [0.3, 0.4) is 0 Å². The topological polar surface area (TPSA) is 58.8 Å². The van der Waals surface area contributed by atoms with Crippen molar-refractivity contribution in [3.8, 4) is 0 Å². The first-order valence-electron chi connectivity index (χ1n) is 6.53. The summed E-state index contributed by atoms with van der Waals surface area (Å²) in [5, 5.41) is 0. The summed E-state index contributed by atoms with van der Waals surface area (Å²) < 4.78 is 4.75. The fourth-order valence-corrected chi connectivity index (χ4v) is 2.35. The molecule has 0 atom stereocenters. The van der Waals surface area contributed by atoms with Crippen molar-refractivity contribution in [3.05, 3.63) is 23.8 Å². The summed E-state index contributed by atoms with van der Waals surface area (Å²) in [6.07, 6.45) is 1.10. The van der Waals surface area contributed by atoms with E-state index in [9.17, 15) is 4.79 Å². The number of nitrogens with zero attached hydrogens (tertiary/aromatic N) is 2. The molecule has 0 spiro atoms. The standard InChI is InChI=1S/C14H21N3O2/c1-16-6-3-7-17(9-8-16)13-10-11(14(18)19-2)4-5-12(13)15/h4-5,10H,3,6-9,15H2,1-2H3. The zero-order valence-corrected chi connectivity index (χ0v) is 11.6. The van der Waals surface area contributed by atoms with Crippen LogP contribution >= 0.6 is 0 Å². The van der Waals surface area contributed by atoms with Crippen molar-refractivity contribution in [2.75, 3.05) is 51.0 Å². The van der Waals surface area contributed by atoms with Crippen LogP contribution in [0, 0.1) is 0 Å². The Balaban J connectivity index is 2.24. The Kier molecular flexibility index (Phi) is 4.27. The molecule has 2 rings (SSSR count). The number of carbonyl (C=O) groups is 1. The monoisotopic (exact) mass is 263 g/mol. The van der Waals surface area contributed by atoms with Crippen LogP contribution in [0.15, 0.2) is 18.2 Å². The number of nitrogen functional groups attached to an aromatic ring is 1. The Morgan fingerprint density at radius 3 is 2.79 bits per heavy atom. The minimum absolute atomic E-state index is 0.326. The van der Waals surface area contributed by atoms with E-state index < -0.39 is 0 Å². The number of hydrogen-bond acceptors (Lipinski definition) is 5. The van der Waals surface area contributed by atoms with Gasteiger partial charge in [0.25, 0.3) is 0 Å². The third-order valence-electron chi connectivity index (χ3n) is 3.51. The summed E-state index contributed by atoms with van der Waals surface area (Å²) in [7, 11) is 3.51. The van der Waals surface area contributed by atoms with Gasteiger partial charge in [0, 0.05) is 19.6 Å². The van der Waals surface area contributed by atoms with Gasteiger partial charge in [-0.3, -0.25) is 0 Å². The highest BCUT2D eigenvalue weighted by molar-refractivity contribution is 5.92. The molecule has 0 aromatic heterocycles. The number of methoxy groups -OCH3 is 1. The second-order valence-corrected chi connectivity index (χ2v) is 4.91. The molecule has 104 valence electrons. The molecule has 5 heteroatoms. The molecule has 0 amide bonds. The molecule has 1 saturated heterocycles. The van der Waals surface area contributed by atoms with E-state index in [4.69, 9.17) is 10.5 Å². The van der Waals surface area contributed by atoms with Gasteiger partial charge < -0.3 is 20.3 Å². The van der Waals surface area contributed by atoms with Crippen LogP contribution in [0.5, 0.6) is 0 Å². The van der Waals surface area contributed by atoms with Crippen molar-refractivity contribution in [1.29, 1.82) is 0 Å². The van der Waals surface area contributed by atoms with Gasteiger partial charge in [-0.05, 0) is 38.2 Å². The first kappa shape index (κ1) is 13.7. The van der Waals surface area contributed by atoms with Crippen LogP contribution in [-0.2, 0) is 4.74 Å². The summed E-state index contributed by atoms with van der Waals surface area (Å²) >= 11 is 0. The van der Waals surface area contributed by atoms with Crippen LogP contribution < -0.4 is 10.6 Å². The Bertz CT molecular complexity index is 462. The first-order chi connectivity index (χ1) is 9.11. The lowest BCUT2D eigenvalue weighted by molar-refractivity contribution is 0.0601. The maximum atomic E-state index is 11.6. The number of benzene rings is 1. The van der Waals surface area contributed by atoms with Crippen molar-refractivity contribution >= 4 is 17.3 Å². The average molecular weight is 263 g/mol. The molecule has 0 aliphatic carbocycles. The van der Waals surface area contributed by atoms with Gasteiger partial charge in [-0.1, -0.05) is 0 Å². The molecule has 5 nitrogen and oxygen atoms in total. The lowest BCUT2D eigenvalue weighted by Gasteiger charge is -2.24. The molecule has 1 aromatic rings. The fraction of sp³-hybridized carbons (Fsp3) is 0.500. The maximum absolute atomic E-state index is 11.6. The Hall–Kier alpha value is -1.75. The maximum Gasteiger partial charge on any atom is 0.337 e. The lowest BCUT2D eigenvalue weighted by Crippen LogP contribution is -2.29. The minimum Gasteiger partial charge on any atom is -0.465 e. The number of ether oxygens (including phenoxy) is 1. The highest BCUT2D eigenvalue weighted by atomic mass is 16.5. The van der Waals surface area contributed by atoms with Gasteiger partial charge in [-0.25, -0.2) is 4.79 Å². The second-order valence-electron chi connectivity index (χ2n) is 4.91. The molecular formula is C14H21N3O2. The number of esters is 1. The summed E-state index contributed by atoms with van der Waals surface area (Å²) in [4.78, 5) is 16.1. The fourth-order valence-electron chi connectivity index (χ4n) is 2.35.